The highest BCUT2D eigenvalue weighted by Crippen LogP contribution is 2.43. The van der Waals surface area contributed by atoms with Gasteiger partial charge in [-0.2, -0.15) is 0 Å². The third kappa shape index (κ3) is 2.32. The van der Waals surface area contributed by atoms with Gasteiger partial charge in [-0.15, -0.1) is 0 Å². The third-order valence-corrected chi connectivity index (χ3v) is 3.89. The van der Waals surface area contributed by atoms with Crippen molar-refractivity contribution < 1.29 is 9.47 Å². The summed E-state index contributed by atoms with van der Waals surface area (Å²) in [4.78, 5) is 14.5. The number of pyridine rings is 1. The quantitative estimate of drug-likeness (QED) is 0.752. The number of hydrogen-bond donors (Lipinski definition) is 1. The van der Waals surface area contributed by atoms with Crippen LogP contribution in [-0.2, 0) is 21.9 Å². The fraction of sp³-hybridized carbons (Fsp3) is 0.167. The molecule has 110 valence electrons. The van der Waals surface area contributed by atoms with Gasteiger partial charge in [0.2, 0.25) is 11.3 Å². The largest absolute Gasteiger partial charge is 0.339 e. The highest BCUT2D eigenvalue weighted by atomic mass is 16.8. The van der Waals surface area contributed by atoms with Crippen LogP contribution in [0.15, 0.2) is 65.5 Å². The van der Waals surface area contributed by atoms with Gasteiger partial charge in [-0.05, 0) is 17.0 Å². The summed E-state index contributed by atoms with van der Waals surface area (Å²) in [6.07, 6.45) is 0. The van der Waals surface area contributed by atoms with Gasteiger partial charge in [-0.1, -0.05) is 48.5 Å². The SMILES string of the molecule is O=c1ccc2cccc([C@@]3(OCc4ccccc4)CO3)c2[nH]1. The number of epoxide rings is 1. The van der Waals surface area contributed by atoms with Gasteiger partial charge in [0.1, 0.15) is 6.61 Å². The molecule has 1 aliphatic rings. The van der Waals surface area contributed by atoms with Crippen LogP contribution in [0.25, 0.3) is 10.9 Å². The molecule has 0 aliphatic carbocycles. The number of aromatic amines is 1. The molecule has 0 bridgehead atoms. The monoisotopic (exact) mass is 293 g/mol. The van der Waals surface area contributed by atoms with Crippen molar-refractivity contribution in [1.82, 2.24) is 4.98 Å². The van der Waals surface area contributed by atoms with Crippen molar-refractivity contribution in [2.75, 3.05) is 6.61 Å². The standard InChI is InChI=1S/C18H15NO3/c20-16-10-9-14-7-4-8-15(17(14)19-16)18(12-22-18)21-11-13-5-2-1-3-6-13/h1-10H,11-12H2,(H,19,20)/t18-/m1/s1. The summed E-state index contributed by atoms with van der Waals surface area (Å²) >= 11 is 0. The molecule has 0 spiro atoms. The summed E-state index contributed by atoms with van der Waals surface area (Å²) in [5, 5.41) is 0.968. The molecule has 1 aliphatic heterocycles. The molecule has 0 radical (unpaired) electrons. The molecule has 1 atom stereocenters. The summed E-state index contributed by atoms with van der Waals surface area (Å²) in [5.41, 5.74) is 2.61. The van der Waals surface area contributed by atoms with E-state index in [9.17, 15) is 4.79 Å². The molecule has 1 saturated heterocycles. The van der Waals surface area contributed by atoms with Gasteiger partial charge < -0.3 is 14.5 Å². The van der Waals surface area contributed by atoms with E-state index in [1.807, 2.05) is 54.6 Å². The molecule has 0 amide bonds. The van der Waals surface area contributed by atoms with Gasteiger partial charge in [-0.3, -0.25) is 4.79 Å². The number of aromatic nitrogens is 1. The van der Waals surface area contributed by atoms with E-state index in [2.05, 4.69) is 4.98 Å². The van der Waals surface area contributed by atoms with Crippen molar-refractivity contribution in [2.24, 2.45) is 0 Å². The number of rotatable bonds is 4. The molecule has 2 aromatic carbocycles. The van der Waals surface area contributed by atoms with Gasteiger partial charge in [0, 0.05) is 11.6 Å². The van der Waals surface area contributed by atoms with E-state index in [4.69, 9.17) is 9.47 Å². The van der Waals surface area contributed by atoms with Crippen molar-refractivity contribution in [2.45, 2.75) is 12.4 Å². The first kappa shape index (κ1) is 13.2. The molecule has 4 nitrogen and oxygen atoms in total. The zero-order valence-corrected chi connectivity index (χ0v) is 11.9. The van der Waals surface area contributed by atoms with Gasteiger partial charge in [-0.25, -0.2) is 0 Å². The minimum absolute atomic E-state index is 0.126. The Labute approximate surface area is 127 Å². The molecule has 4 heteroatoms. The second-order valence-corrected chi connectivity index (χ2v) is 5.41. The lowest BCUT2D eigenvalue weighted by molar-refractivity contribution is -0.0578. The number of ether oxygens (including phenoxy) is 2. The Balaban J connectivity index is 1.69. The van der Waals surface area contributed by atoms with Crippen LogP contribution in [0.2, 0.25) is 0 Å². The normalized spacial score (nSPS) is 20.2. The first-order chi connectivity index (χ1) is 10.8. The summed E-state index contributed by atoms with van der Waals surface area (Å²) in [6, 6.07) is 19.2. The first-order valence-corrected chi connectivity index (χ1v) is 7.21. The predicted octanol–water partition coefficient (Wildman–Crippen LogP) is 2.93. The summed E-state index contributed by atoms with van der Waals surface area (Å²) < 4.78 is 11.6. The van der Waals surface area contributed by atoms with E-state index in [1.54, 1.807) is 0 Å². The summed E-state index contributed by atoms with van der Waals surface area (Å²) in [6.45, 7) is 0.962. The molecule has 1 aromatic heterocycles. The maximum Gasteiger partial charge on any atom is 0.248 e. The van der Waals surface area contributed by atoms with Crippen molar-refractivity contribution in [3.63, 3.8) is 0 Å². The van der Waals surface area contributed by atoms with Crippen LogP contribution in [0.4, 0.5) is 0 Å². The molecule has 22 heavy (non-hydrogen) atoms. The molecule has 3 aromatic rings. The Kier molecular flexibility index (Phi) is 3.06. The van der Waals surface area contributed by atoms with Gasteiger partial charge in [0.05, 0.1) is 12.1 Å². The van der Waals surface area contributed by atoms with E-state index in [1.165, 1.54) is 6.07 Å². The van der Waals surface area contributed by atoms with Crippen molar-refractivity contribution >= 4 is 10.9 Å². The second kappa shape index (κ2) is 5.09. The lowest BCUT2D eigenvalue weighted by Crippen LogP contribution is -2.16. The summed E-state index contributed by atoms with van der Waals surface area (Å²) in [5.74, 6) is -0.750. The van der Waals surface area contributed by atoms with Crippen LogP contribution in [0.1, 0.15) is 11.1 Å². The zero-order chi connectivity index (χ0) is 15.0. The molecule has 1 fully saturated rings. The number of fused-ring (bicyclic) bond motifs is 1. The number of nitrogens with one attached hydrogen (secondary N) is 1. The Morgan fingerprint density at radius 1 is 1.05 bits per heavy atom. The third-order valence-electron chi connectivity index (χ3n) is 3.89. The predicted molar refractivity (Wildman–Crippen MR) is 83.4 cm³/mol. The fourth-order valence-corrected chi connectivity index (χ4v) is 2.65. The topological polar surface area (TPSA) is 54.6 Å². The van der Waals surface area contributed by atoms with E-state index in [0.29, 0.717) is 13.2 Å². The number of benzene rings is 2. The van der Waals surface area contributed by atoms with E-state index < -0.39 is 5.79 Å². The van der Waals surface area contributed by atoms with E-state index >= 15 is 0 Å². The molecule has 1 N–H and O–H groups in total. The zero-order valence-electron chi connectivity index (χ0n) is 11.9. The highest BCUT2D eigenvalue weighted by Gasteiger charge is 2.49. The molecule has 2 heterocycles. The number of hydrogen-bond acceptors (Lipinski definition) is 3. The van der Waals surface area contributed by atoms with Crippen LogP contribution in [0.3, 0.4) is 0 Å². The van der Waals surface area contributed by atoms with Gasteiger partial charge in [0.15, 0.2) is 0 Å². The smallest absolute Gasteiger partial charge is 0.248 e. The van der Waals surface area contributed by atoms with Crippen LogP contribution in [-0.4, -0.2) is 11.6 Å². The van der Waals surface area contributed by atoms with Crippen LogP contribution in [0.5, 0.6) is 0 Å². The fourth-order valence-electron chi connectivity index (χ4n) is 2.65. The minimum atomic E-state index is -0.750. The van der Waals surface area contributed by atoms with Crippen molar-refractivity contribution in [1.29, 1.82) is 0 Å². The number of para-hydroxylation sites is 1. The molecule has 0 saturated carbocycles. The Hall–Kier alpha value is -2.43. The lowest BCUT2D eigenvalue weighted by atomic mass is 10.1. The first-order valence-electron chi connectivity index (χ1n) is 7.21. The van der Waals surface area contributed by atoms with Crippen molar-refractivity contribution in [3.8, 4) is 0 Å². The van der Waals surface area contributed by atoms with Gasteiger partial charge in [0.25, 0.3) is 0 Å². The van der Waals surface area contributed by atoms with Gasteiger partial charge >= 0.3 is 0 Å². The average molecular weight is 293 g/mol. The van der Waals surface area contributed by atoms with Crippen molar-refractivity contribution in [3.05, 3.63) is 82.1 Å². The number of H-pyrrole nitrogens is 1. The average Bonchev–Trinajstić information content (AvgIpc) is 3.34. The molecular weight excluding hydrogens is 278 g/mol. The second-order valence-electron chi connectivity index (χ2n) is 5.41. The Bertz CT molecular complexity index is 866. The molecule has 0 unspecified atom stereocenters. The highest BCUT2D eigenvalue weighted by molar-refractivity contribution is 5.82. The Morgan fingerprint density at radius 2 is 1.86 bits per heavy atom. The lowest BCUT2D eigenvalue weighted by Gasteiger charge is -2.15. The summed E-state index contributed by atoms with van der Waals surface area (Å²) in [7, 11) is 0. The molecular formula is C18H15NO3. The van der Waals surface area contributed by atoms with Crippen LogP contribution in [0, 0.1) is 0 Å². The molecule has 4 rings (SSSR count). The Morgan fingerprint density at radius 3 is 2.64 bits per heavy atom. The van der Waals surface area contributed by atoms with E-state index in [-0.39, 0.29) is 5.56 Å². The maximum atomic E-state index is 11.6. The van der Waals surface area contributed by atoms with Crippen LogP contribution < -0.4 is 5.56 Å². The minimum Gasteiger partial charge on any atom is -0.339 e. The maximum absolute atomic E-state index is 11.6. The van der Waals surface area contributed by atoms with Crippen LogP contribution >= 0.6 is 0 Å². The van der Waals surface area contributed by atoms with E-state index in [0.717, 1.165) is 22.0 Å².